The van der Waals surface area contributed by atoms with Gasteiger partial charge in [-0.15, -0.1) is 0 Å². The number of carbonyl (C=O) groups excluding carboxylic acids is 1. The summed E-state index contributed by atoms with van der Waals surface area (Å²) in [6.45, 7) is 0.721. The van der Waals surface area contributed by atoms with Crippen LogP contribution in [0.25, 0.3) is 0 Å². The van der Waals surface area contributed by atoms with E-state index < -0.39 is 15.8 Å². The van der Waals surface area contributed by atoms with E-state index in [1.165, 1.54) is 30.5 Å². The number of carbonyl (C=O) groups is 1. The molecule has 0 radical (unpaired) electrons. The number of amides is 1. The zero-order chi connectivity index (χ0) is 18.9. The summed E-state index contributed by atoms with van der Waals surface area (Å²) < 4.78 is 39.8. The fourth-order valence-corrected chi connectivity index (χ4v) is 4.17. The molecule has 1 atom stereocenters. The molecule has 2 aliphatic heterocycles. The number of rotatable bonds is 5. The Morgan fingerprint density at radius 3 is 2.73 bits per heavy atom. The van der Waals surface area contributed by atoms with Crippen LogP contribution in [0.15, 0.2) is 29.4 Å². The van der Waals surface area contributed by atoms with Crippen LogP contribution < -0.4 is 5.32 Å². The summed E-state index contributed by atoms with van der Waals surface area (Å²) in [5.74, 6) is -0.714. The molecule has 142 valence electrons. The summed E-state index contributed by atoms with van der Waals surface area (Å²) in [6, 6.07) is 5.83. The lowest BCUT2D eigenvalue weighted by Crippen LogP contribution is -2.42. The van der Waals surface area contributed by atoms with E-state index in [4.69, 9.17) is 4.84 Å². The van der Waals surface area contributed by atoms with Crippen LogP contribution >= 0.6 is 0 Å². The molecular formula is C16H21FN4O4S. The van der Waals surface area contributed by atoms with Crippen molar-refractivity contribution in [1.29, 1.82) is 0 Å². The molecule has 1 amide bonds. The first-order valence-electron chi connectivity index (χ1n) is 8.17. The normalized spacial score (nSPS) is 23.3. The Bertz CT molecular complexity index is 825. The lowest BCUT2D eigenvalue weighted by atomic mass is 9.96. The zero-order valence-electron chi connectivity index (χ0n) is 14.6. The van der Waals surface area contributed by atoms with Crippen molar-refractivity contribution in [3.63, 3.8) is 0 Å². The van der Waals surface area contributed by atoms with E-state index in [-0.39, 0.29) is 36.9 Å². The fraction of sp³-hybridized carbons (Fsp3) is 0.500. The van der Waals surface area contributed by atoms with Gasteiger partial charge in [-0.05, 0) is 17.7 Å². The van der Waals surface area contributed by atoms with Crippen molar-refractivity contribution in [2.45, 2.75) is 25.0 Å². The van der Waals surface area contributed by atoms with Gasteiger partial charge < -0.3 is 10.2 Å². The summed E-state index contributed by atoms with van der Waals surface area (Å²) in [4.78, 5) is 17.7. The van der Waals surface area contributed by atoms with Gasteiger partial charge in [0.05, 0.1) is 6.54 Å². The molecule has 0 aromatic heterocycles. The summed E-state index contributed by atoms with van der Waals surface area (Å²) in [5, 5.41) is 6.58. The van der Waals surface area contributed by atoms with E-state index in [9.17, 15) is 17.6 Å². The van der Waals surface area contributed by atoms with Crippen LogP contribution in [0.3, 0.4) is 0 Å². The second kappa shape index (κ2) is 6.93. The van der Waals surface area contributed by atoms with Crippen molar-refractivity contribution in [2.75, 3.05) is 27.2 Å². The summed E-state index contributed by atoms with van der Waals surface area (Å²) in [6.07, 6.45) is 0.722. The molecular weight excluding hydrogens is 363 g/mol. The Morgan fingerprint density at radius 2 is 2.08 bits per heavy atom. The number of hydrogen-bond donors (Lipinski definition) is 1. The molecule has 1 aromatic carbocycles. The van der Waals surface area contributed by atoms with E-state index in [0.717, 1.165) is 9.87 Å². The van der Waals surface area contributed by atoms with Crippen LogP contribution in [-0.4, -0.2) is 61.4 Å². The highest BCUT2D eigenvalue weighted by Gasteiger charge is 2.49. The molecule has 1 unspecified atom stereocenters. The molecule has 0 aliphatic carbocycles. The number of oxime groups is 1. The van der Waals surface area contributed by atoms with Crippen LogP contribution in [0.1, 0.15) is 18.4 Å². The number of hydrogen-bond acceptors (Lipinski definition) is 5. The molecule has 1 fully saturated rings. The smallest absolute Gasteiger partial charge is 0.281 e. The molecule has 0 bridgehead atoms. The van der Waals surface area contributed by atoms with Gasteiger partial charge in [0.2, 0.25) is 0 Å². The number of benzene rings is 1. The minimum atomic E-state index is -3.52. The SMILES string of the molecule is CN(C)S(=O)(=O)N1CCC2(CC(C(=O)NCc3ccc(F)cc3)=NO2)C1. The predicted molar refractivity (Wildman–Crippen MR) is 92.9 cm³/mol. The average molecular weight is 384 g/mol. The molecule has 1 aromatic rings. The van der Waals surface area contributed by atoms with Crippen molar-refractivity contribution < 1.29 is 22.4 Å². The number of halogens is 1. The van der Waals surface area contributed by atoms with Gasteiger partial charge >= 0.3 is 0 Å². The van der Waals surface area contributed by atoms with Gasteiger partial charge in [-0.25, -0.2) is 4.39 Å². The average Bonchev–Trinajstić information content (AvgIpc) is 3.22. The fourth-order valence-electron chi connectivity index (χ4n) is 2.98. The Balaban J connectivity index is 1.56. The predicted octanol–water partition coefficient (Wildman–Crippen LogP) is 0.469. The molecule has 10 heteroatoms. The number of nitrogens with one attached hydrogen (secondary N) is 1. The molecule has 1 spiro atoms. The van der Waals surface area contributed by atoms with Crippen LogP contribution in [0.5, 0.6) is 0 Å². The van der Waals surface area contributed by atoms with Crippen LogP contribution in [-0.2, 0) is 26.4 Å². The molecule has 1 N–H and O–H groups in total. The minimum Gasteiger partial charge on any atom is -0.387 e. The van der Waals surface area contributed by atoms with Gasteiger partial charge in [-0.2, -0.15) is 17.0 Å². The lowest BCUT2D eigenvalue weighted by Gasteiger charge is -2.23. The largest absolute Gasteiger partial charge is 0.387 e. The van der Waals surface area contributed by atoms with E-state index in [1.54, 1.807) is 12.1 Å². The number of nitrogens with zero attached hydrogens (tertiary/aromatic N) is 3. The molecule has 26 heavy (non-hydrogen) atoms. The maximum atomic E-state index is 12.9. The van der Waals surface area contributed by atoms with Gasteiger partial charge in [0.25, 0.3) is 16.1 Å². The zero-order valence-corrected chi connectivity index (χ0v) is 15.4. The molecule has 3 rings (SSSR count). The first-order valence-corrected chi connectivity index (χ1v) is 9.57. The monoisotopic (exact) mass is 384 g/mol. The van der Waals surface area contributed by atoms with Crippen molar-refractivity contribution in [1.82, 2.24) is 13.9 Å². The topological polar surface area (TPSA) is 91.3 Å². The van der Waals surface area contributed by atoms with E-state index in [0.29, 0.717) is 13.0 Å². The quantitative estimate of drug-likeness (QED) is 0.799. The summed E-state index contributed by atoms with van der Waals surface area (Å²) >= 11 is 0. The van der Waals surface area contributed by atoms with E-state index in [2.05, 4.69) is 10.5 Å². The highest BCUT2D eigenvalue weighted by molar-refractivity contribution is 7.86. The van der Waals surface area contributed by atoms with Gasteiger partial charge in [0, 0.05) is 40.0 Å². The van der Waals surface area contributed by atoms with Gasteiger partial charge in [-0.1, -0.05) is 17.3 Å². The van der Waals surface area contributed by atoms with Crippen molar-refractivity contribution in [3.8, 4) is 0 Å². The van der Waals surface area contributed by atoms with E-state index in [1.807, 2.05) is 0 Å². The first-order chi connectivity index (χ1) is 12.2. The van der Waals surface area contributed by atoms with Crippen molar-refractivity contribution >= 4 is 21.8 Å². The van der Waals surface area contributed by atoms with Gasteiger partial charge in [0.1, 0.15) is 11.5 Å². The first kappa shape index (κ1) is 18.7. The highest BCUT2D eigenvalue weighted by atomic mass is 32.2. The second-order valence-electron chi connectivity index (χ2n) is 6.67. The Kier molecular flexibility index (Phi) is 5.00. The standard InChI is InChI=1S/C16H21FN4O4S/c1-20(2)26(23,24)21-8-7-16(11-21)9-14(19-25-16)15(22)18-10-12-3-5-13(17)6-4-12/h3-6H,7-11H2,1-2H3,(H,18,22). The van der Waals surface area contributed by atoms with Gasteiger partial charge in [0.15, 0.2) is 5.60 Å². The third kappa shape index (κ3) is 3.71. The Morgan fingerprint density at radius 1 is 1.38 bits per heavy atom. The van der Waals surface area contributed by atoms with Crippen LogP contribution in [0.2, 0.25) is 0 Å². The Labute approximate surface area is 151 Å². The molecule has 8 nitrogen and oxygen atoms in total. The lowest BCUT2D eigenvalue weighted by molar-refractivity contribution is -0.115. The molecule has 1 saturated heterocycles. The summed E-state index contributed by atoms with van der Waals surface area (Å²) in [7, 11) is -0.577. The minimum absolute atomic E-state index is 0.158. The molecule has 2 heterocycles. The third-order valence-electron chi connectivity index (χ3n) is 4.54. The third-order valence-corrected chi connectivity index (χ3v) is 6.42. The molecule has 0 saturated carbocycles. The van der Waals surface area contributed by atoms with Crippen LogP contribution in [0, 0.1) is 5.82 Å². The highest BCUT2D eigenvalue weighted by Crippen LogP contribution is 2.35. The Hall–Kier alpha value is -2.04. The maximum absolute atomic E-state index is 12.9. The summed E-state index contributed by atoms with van der Waals surface area (Å²) in [5.41, 5.74) is 0.209. The maximum Gasteiger partial charge on any atom is 0.281 e. The van der Waals surface area contributed by atoms with E-state index >= 15 is 0 Å². The van der Waals surface area contributed by atoms with Gasteiger partial charge in [-0.3, -0.25) is 4.79 Å². The van der Waals surface area contributed by atoms with Crippen LogP contribution in [0.4, 0.5) is 4.39 Å². The van der Waals surface area contributed by atoms with Crippen molar-refractivity contribution in [2.24, 2.45) is 5.16 Å². The second-order valence-corrected chi connectivity index (χ2v) is 8.81. The van der Waals surface area contributed by atoms with Crippen molar-refractivity contribution in [3.05, 3.63) is 35.6 Å². The molecule has 2 aliphatic rings.